The molecule has 0 saturated heterocycles. The number of fused-ring (bicyclic) bond motifs is 3. The number of benzene rings is 7. The van der Waals surface area contributed by atoms with Gasteiger partial charge in [-0.3, -0.25) is 9.13 Å². The lowest BCUT2D eigenvalue weighted by Crippen LogP contribution is -2.19. The van der Waals surface area contributed by atoms with E-state index in [0.29, 0.717) is 17.5 Å². The van der Waals surface area contributed by atoms with Crippen molar-refractivity contribution in [1.82, 2.24) is 24.1 Å². The summed E-state index contributed by atoms with van der Waals surface area (Å²) < 4.78 is 3.36. The molecule has 2 aromatic heterocycles. The SMILES string of the molecule is Cn1c(=O)n(C)c2cc(-c3ccccc3-c3nc(-c4ccccc4)nc(-c4c5ccccc5c(-c5ccccc5)c5ccccc45)n3)ccc21. The largest absolute Gasteiger partial charge is 0.328 e. The van der Waals surface area contributed by atoms with Crippen molar-refractivity contribution in [2.24, 2.45) is 14.1 Å². The Morgan fingerprint density at radius 3 is 1.52 bits per heavy atom. The fourth-order valence-corrected chi connectivity index (χ4v) is 7.21. The van der Waals surface area contributed by atoms with Crippen molar-refractivity contribution in [3.05, 3.63) is 162 Å². The molecule has 0 fully saturated rings. The molecule has 0 aliphatic rings. The number of hydrogen-bond donors (Lipinski definition) is 0. The molecule has 0 radical (unpaired) electrons. The lowest BCUT2D eigenvalue weighted by Gasteiger charge is -2.18. The minimum absolute atomic E-state index is 0.0576. The molecular formula is C44H31N5O. The summed E-state index contributed by atoms with van der Waals surface area (Å²) in [5, 5.41) is 4.42. The van der Waals surface area contributed by atoms with E-state index in [2.05, 4.69) is 103 Å². The Morgan fingerprint density at radius 1 is 0.400 bits per heavy atom. The van der Waals surface area contributed by atoms with Gasteiger partial charge in [0.25, 0.3) is 0 Å². The highest BCUT2D eigenvalue weighted by atomic mass is 16.1. The van der Waals surface area contributed by atoms with E-state index in [4.69, 9.17) is 15.0 Å². The van der Waals surface area contributed by atoms with Crippen molar-refractivity contribution in [2.75, 3.05) is 0 Å². The minimum atomic E-state index is -0.0576. The number of aromatic nitrogens is 5. The van der Waals surface area contributed by atoms with Gasteiger partial charge in [-0.15, -0.1) is 0 Å². The third kappa shape index (κ3) is 4.72. The maximum Gasteiger partial charge on any atom is 0.328 e. The van der Waals surface area contributed by atoms with E-state index < -0.39 is 0 Å². The highest BCUT2D eigenvalue weighted by Crippen LogP contribution is 2.43. The molecule has 0 atom stereocenters. The standard InChI is InChI=1S/C44H31N5O/c1-48-37-26-25-30(27-38(37)49(2)44(48)50)31-19-9-14-24-36(31)42-45-41(29-17-7-4-8-18-29)46-43(47-42)40-34-22-12-10-20-32(34)39(28-15-5-3-6-16-28)33-21-11-13-23-35(33)40/h3-27H,1-2H3. The van der Waals surface area contributed by atoms with Gasteiger partial charge in [-0.05, 0) is 55.9 Å². The van der Waals surface area contributed by atoms with Crippen LogP contribution in [-0.4, -0.2) is 24.1 Å². The van der Waals surface area contributed by atoms with Gasteiger partial charge in [0.1, 0.15) is 0 Å². The number of imidazole rings is 1. The first kappa shape index (κ1) is 29.5. The quantitative estimate of drug-likeness (QED) is 0.175. The lowest BCUT2D eigenvalue weighted by molar-refractivity contribution is 0.795. The van der Waals surface area contributed by atoms with E-state index >= 15 is 0 Å². The molecule has 0 aliphatic carbocycles. The van der Waals surface area contributed by atoms with Gasteiger partial charge in [0.2, 0.25) is 0 Å². The van der Waals surface area contributed by atoms with Crippen LogP contribution in [0.5, 0.6) is 0 Å². The van der Waals surface area contributed by atoms with Crippen molar-refractivity contribution in [3.8, 4) is 56.4 Å². The van der Waals surface area contributed by atoms with Crippen LogP contribution < -0.4 is 5.69 Å². The summed E-state index contributed by atoms with van der Waals surface area (Å²) in [6.07, 6.45) is 0. The summed E-state index contributed by atoms with van der Waals surface area (Å²) in [5.74, 6) is 1.78. The first-order valence-electron chi connectivity index (χ1n) is 16.6. The summed E-state index contributed by atoms with van der Waals surface area (Å²) in [5.41, 5.74) is 8.73. The van der Waals surface area contributed by atoms with Crippen LogP contribution in [-0.2, 0) is 14.1 Å². The zero-order chi connectivity index (χ0) is 33.8. The van der Waals surface area contributed by atoms with Crippen molar-refractivity contribution in [3.63, 3.8) is 0 Å². The Hall–Kier alpha value is -6.66. The van der Waals surface area contributed by atoms with Gasteiger partial charge in [-0.2, -0.15) is 0 Å². The van der Waals surface area contributed by atoms with Crippen molar-refractivity contribution in [2.45, 2.75) is 0 Å². The third-order valence-electron chi connectivity index (χ3n) is 9.64. The zero-order valence-electron chi connectivity index (χ0n) is 27.6. The smallest absolute Gasteiger partial charge is 0.295 e. The van der Waals surface area contributed by atoms with Crippen LogP contribution in [0.2, 0.25) is 0 Å². The van der Waals surface area contributed by atoms with Gasteiger partial charge in [0.15, 0.2) is 17.5 Å². The predicted molar refractivity (Wildman–Crippen MR) is 204 cm³/mol. The van der Waals surface area contributed by atoms with Gasteiger partial charge in [-0.1, -0.05) is 140 Å². The molecule has 0 bridgehead atoms. The molecule has 0 unspecified atom stereocenters. The molecule has 238 valence electrons. The first-order valence-corrected chi connectivity index (χ1v) is 16.6. The second-order valence-electron chi connectivity index (χ2n) is 12.5. The van der Waals surface area contributed by atoms with E-state index in [9.17, 15) is 4.79 Å². The van der Waals surface area contributed by atoms with Gasteiger partial charge in [-0.25, -0.2) is 19.7 Å². The van der Waals surface area contributed by atoms with Crippen LogP contribution in [0.3, 0.4) is 0 Å². The van der Waals surface area contributed by atoms with Crippen LogP contribution in [0.15, 0.2) is 156 Å². The molecule has 2 heterocycles. The molecule has 6 heteroatoms. The van der Waals surface area contributed by atoms with E-state index in [-0.39, 0.29) is 5.69 Å². The van der Waals surface area contributed by atoms with Crippen LogP contribution in [0.4, 0.5) is 0 Å². The lowest BCUT2D eigenvalue weighted by atomic mass is 9.88. The molecule has 50 heavy (non-hydrogen) atoms. The Bertz CT molecular complexity index is 2740. The average molecular weight is 646 g/mol. The first-order chi connectivity index (χ1) is 24.6. The van der Waals surface area contributed by atoms with Crippen LogP contribution in [0, 0.1) is 0 Å². The molecule has 0 amide bonds. The fourth-order valence-electron chi connectivity index (χ4n) is 7.21. The average Bonchev–Trinajstić information content (AvgIpc) is 3.40. The molecule has 0 saturated carbocycles. The Morgan fingerprint density at radius 2 is 0.880 bits per heavy atom. The second kappa shape index (κ2) is 11.8. The fraction of sp³-hybridized carbons (Fsp3) is 0.0455. The molecule has 7 aromatic carbocycles. The van der Waals surface area contributed by atoms with Crippen LogP contribution in [0.25, 0.3) is 89.0 Å². The molecule has 9 aromatic rings. The topological polar surface area (TPSA) is 65.6 Å². The van der Waals surface area contributed by atoms with E-state index in [0.717, 1.165) is 66.0 Å². The molecule has 0 N–H and O–H groups in total. The predicted octanol–water partition coefficient (Wildman–Crippen LogP) is 9.70. The van der Waals surface area contributed by atoms with E-state index in [1.807, 2.05) is 55.6 Å². The molecular weight excluding hydrogens is 615 g/mol. The molecule has 9 rings (SSSR count). The van der Waals surface area contributed by atoms with Gasteiger partial charge < -0.3 is 0 Å². The third-order valence-corrected chi connectivity index (χ3v) is 9.64. The molecule has 6 nitrogen and oxygen atoms in total. The maximum atomic E-state index is 12.8. The van der Waals surface area contributed by atoms with Gasteiger partial charge >= 0.3 is 5.69 Å². The molecule has 0 spiro atoms. The molecule has 0 aliphatic heterocycles. The van der Waals surface area contributed by atoms with Crippen molar-refractivity contribution in [1.29, 1.82) is 0 Å². The number of aryl methyl sites for hydroxylation is 2. The highest BCUT2D eigenvalue weighted by Gasteiger charge is 2.21. The zero-order valence-corrected chi connectivity index (χ0v) is 27.6. The summed E-state index contributed by atoms with van der Waals surface area (Å²) >= 11 is 0. The van der Waals surface area contributed by atoms with E-state index in [1.54, 1.807) is 16.2 Å². The monoisotopic (exact) mass is 645 g/mol. The Balaban J connectivity index is 1.34. The summed E-state index contributed by atoms with van der Waals surface area (Å²) in [7, 11) is 3.61. The normalized spacial score (nSPS) is 11.5. The highest BCUT2D eigenvalue weighted by molar-refractivity contribution is 6.20. The van der Waals surface area contributed by atoms with Gasteiger partial charge in [0, 0.05) is 30.8 Å². The summed E-state index contributed by atoms with van der Waals surface area (Å²) in [4.78, 5) is 28.4. The van der Waals surface area contributed by atoms with E-state index in [1.165, 1.54) is 5.56 Å². The summed E-state index contributed by atoms with van der Waals surface area (Å²) in [6.45, 7) is 0. The number of hydrogen-bond acceptors (Lipinski definition) is 4. The van der Waals surface area contributed by atoms with Crippen LogP contribution in [0.1, 0.15) is 0 Å². The van der Waals surface area contributed by atoms with Crippen molar-refractivity contribution < 1.29 is 0 Å². The Kier molecular flexibility index (Phi) is 6.95. The number of nitrogens with zero attached hydrogens (tertiary/aromatic N) is 5. The Labute approximate surface area is 288 Å². The summed E-state index contributed by atoms with van der Waals surface area (Å²) in [6, 6.07) is 52.0. The van der Waals surface area contributed by atoms with Gasteiger partial charge in [0.05, 0.1) is 11.0 Å². The van der Waals surface area contributed by atoms with Crippen molar-refractivity contribution >= 4 is 32.6 Å². The second-order valence-corrected chi connectivity index (χ2v) is 12.5. The number of rotatable bonds is 5. The minimum Gasteiger partial charge on any atom is -0.295 e. The van der Waals surface area contributed by atoms with Crippen LogP contribution >= 0.6 is 0 Å². The maximum absolute atomic E-state index is 12.8.